The fraction of sp³-hybridized carbons (Fsp3) is 0.655. The summed E-state index contributed by atoms with van der Waals surface area (Å²) in [6.07, 6.45) is 3.67. The van der Waals surface area contributed by atoms with Crippen LogP contribution in [0.4, 0.5) is 0 Å². The summed E-state index contributed by atoms with van der Waals surface area (Å²) in [5.74, 6) is -2.45. The lowest BCUT2D eigenvalue weighted by Gasteiger charge is -2.48. The molecule has 1 aromatic heterocycles. The van der Waals surface area contributed by atoms with Gasteiger partial charge in [-0.05, 0) is 38.0 Å². The van der Waals surface area contributed by atoms with Crippen molar-refractivity contribution in [3.63, 3.8) is 0 Å². The first-order valence-electron chi connectivity index (χ1n) is 13.5. The summed E-state index contributed by atoms with van der Waals surface area (Å²) >= 11 is 0. The van der Waals surface area contributed by atoms with Crippen molar-refractivity contribution in [2.75, 3.05) is 7.11 Å². The van der Waals surface area contributed by atoms with Crippen LogP contribution in [0.5, 0.6) is 0 Å². The van der Waals surface area contributed by atoms with Gasteiger partial charge >= 0.3 is 11.9 Å². The SMILES string of the molecule is CO[C@H]1C[C@H]2C=C[C@H]3[C@H]4O[C@]2(/C(C)=C/[C@@H](C)[C@@H]([C@@H](C)O)OC1=O)[C@@H]3[C@H](O)[C@@H](C)[C@H]4OC(=O)c1cccn1C. The molecule has 38 heavy (non-hydrogen) atoms. The van der Waals surface area contributed by atoms with E-state index in [-0.39, 0.29) is 36.0 Å². The third-order valence-corrected chi connectivity index (χ3v) is 9.27. The lowest BCUT2D eigenvalue weighted by atomic mass is 9.57. The number of methoxy groups -OCH3 is 1. The van der Waals surface area contributed by atoms with Crippen molar-refractivity contribution in [3.05, 3.63) is 47.8 Å². The first-order chi connectivity index (χ1) is 18.0. The van der Waals surface area contributed by atoms with Crippen molar-refractivity contribution in [1.29, 1.82) is 0 Å². The van der Waals surface area contributed by atoms with Crippen molar-refractivity contribution in [1.82, 2.24) is 4.57 Å². The number of aryl methyl sites for hydroxylation is 1. The monoisotopic (exact) mass is 529 g/mol. The van der Waals surface area contributed by atoms with Gasteiger partial charge in [0.25, 0.3) is 0 Å². The summed E-state index contributed by atoms with van der Waals surface area (Å²) in [5, 5.41) is 22.2. The second-order valence-corrected chi connectivity index (χ2v) is 11.5. The molecule has 1 aromatic rings. The highest BCUT2D eigenvalue weighted by molar-refractivity contribution is 5.87. The average Bonchev–Trinajstić information content (AvgIpc) is 3.38. The van der Waals surface area contributed by atoms with Crippen LogP contribution in [0, 0.1) is 29.6 Å². The number of aromatic nitrogens is 1. The van der Waals surface area contributed by atoms with E-state index in [0.29, 0.717) is 5.69 Å². The number of aliphatic hydroxyl groups excluding tert-OH is 2. The van der Waals surface area contributed by atoms with E-state index in [1.807, 2.05) is 32.9 Å². The lowest BCUT2D eigenvalue weighted by Crippen LogP contribution is -2.57. The van der Waals surface area contributed by atoms with Crippen LogP contribution in [0.15, 0.2) is 42.1 Å². The Hall–Kier alpha value is -2.46. The molecule has 208 valence electrons. The van der Waals surface area contributed by atoms with Gasteiger partial charge in [0.2, 0.25) is 0 Å². The van der Waals surface area contributed by atoms with Crippen LogP contribution < -0.4 is 0 Å². The molecule has 3 heterocycles. The molecule has 1 saturated carbocycles. The van der Waals surface area contributed by atoms with E-state index in [1.165, 1.54) is 7.11 Å². The highest BCUT2D eigenvalue weighted by atomic mass is 16.6. The molecular formula is C29H39NO8. The molecule has 5 rings (SSSR count). The van der Waals surface area contributed by atoms with Gasteiger partial charge in [-0.2, -0.15) is 0 Å². The third kappa shape index (κ3) is 4.06. The molecule has 4 bridgehead atoms. The Morgan fingerprint density at radius 1 is 1.29 bits per heavy atom. The van der Waals surface area contributed by atoms with Gasteiger partial charge in [-0.15, -0.1) is 0 Å². The molecule has 0 aromatic carbocycles. The van der Waals surface area contributed by atoms with E-state index in [2.05, 4.69) is 6.08 Å². The maximum atomic E-state index is 13.1. The van der Waals surface area contributed by atoms with Gasteiger partial charge in [-0.1, -0.05) is 32.1 Å². The normalized spacial score (nSPS) is 44.4. The summed E-state index contributed by atoms with van der Waals surface area (Å²) in [5.41, 5.74) is 0.391. The van der Waals surface area contributed by atoms with Crippen LogP contribution in [0.2, 0.25) is 0 Å². The Bertz CT molecular complexity index is 1140. The molecule has 2 N–H and O–H groups in total. The number of hydrogen-bond donors (Lipinski definition) is 2. The molecule has 0 unspecified atom stereocenters. The molecule has 1 saturated heterocycles. The van der Waals surface area contributed by atoms with Crippen LogP contribution in [-0.4, -0.2) is 76.1 Å². The molecule has 1 spiro atoms. The molecule has 2 aliphatic carbocycles. The fourth-order valence-corrected chi connectivity index (χ4v) is 7.36. The van der Waals surface area contributed by atoms with Crippen LogP contribution in [0.1, 0.15) is 44.6 Å². The fourth-order valence-electron chi connectivity index (χ4n) is 7.36. The van der Waals surface area contributed by atoms with E-state index in [4.69, 9.17) is 18.9 Å². The molecule has 2 aliphatic heterocycles. The maximum Gasteiger partial charge on any atom is 0.355 e. The second kappa shape index (κ2) is 9.93. The maximum absolute atomic E-state index is 13.1. The Kier molecular flexibility index (Phi) is 7.09. The molecule has 9 heteroatoms. The zero-order valence-electron chi connectivity index (χ0n) is 22.8. The van der Waals surface area contributed by atoms with Crippen LogP contribution >= 0.6 is 0 Å². The zero-order chi connectivity index (χ0) is 27.5. The summed E-state index contributed by atoms with van der Waals surface area (Å²) in [4.78, 5) is 26.2. The lowest BCUT2D eigenvalue weighted by molar-refractivity contribution is -0.172. The third-order valence-electron chi connectivity index (χ3n) is 9.27. The predicted octanol–water partition coefficient (Wildman–Crippen LogP) is 2.41. The zero-order valence-corrected chi connectivity index (χ0v) is 22.8. The first-order valence-corrected chi connectivity index (χ1v) is 13.5. The van der Waals surface area contributed by atoms with Gasteiger partial charge in [-0.25, -0.2) is 9.59 Å². The van der Waals surface area contributed by atoms with E-state index < -0.39 is 54.2 Å². The number of cyclic esters (lactones) is 1. The van der Waals surface area contributed by atoms with Crippen LogP contribution in [-0.2, 0) is 30.8 Å². The molecule has 0 radical (unpaired) electrons. The van der Waals surface area contributed by atoms with Crippen molar-refractivity contribution >= 4 is 11.9 Å². The van der Waals surface area contributed by atoms with Gasteiger partial charge in [0.1, 0.15) is 29.6 Å². The van der Waals surface area contributed by atoms with E-state index in [9.17, 15) is 19.8 Å². The summed E-state index contributed by atoms with van der Waals surface area (Å²) in [6, 6.07) is 3.49. The average molecular weight is 530 g/mol. The number of carbonyl (C=O) groups excluding carboxylic acids is 2. The largest absolute Gasteiger partial charge is 0.457 e. The van der Waals surface area contributed by atoms with Gasteiger partial charge in [-0.3, -0.25) is 0 Å². The van der Waals surface area contributed by atoms with Crippen molar-refractivity contribution < 1.29 is 38.7 Å². The smallest absolute Gasteiger partial charge is 0.355 e. The Morgan fingerprint density at radius 2 is 2.03 bits per heavy atom. The molecule has 9 nitrogen and oxygen atoms in total. The number of hydrogen-bond acceptors (Lipinski definition) is 8. The molecule has 0 amide bonds. The van der Waals surface area contributed by atoms with Crippen molar-refractivity contribution in [3.8, 4) is 0 Å². The minimum Gasteiger partial charge on any atom is -0.457 e. The van der Waals surface area contributed by atoms with Crippen molar-refractivity contribution in [2.24, 2.45) is 36.6 Å². The Morgan fingerprint density at radius 3 is 2.66 bits per heavy atom. The highest BCUT2D eigenvalue weighted by Gasteiger charge is 2.69. The standard InChI is InChI=1S/C29H39NO8/c1-14-12-15(2)29-18(13-21(35-6)28(34)36-24(14)17(4)31)9-10-19-22(29)23(32)16(3)25(26(19)38-29)37-27(33)20-8-7-11-30(20)5/h7-12,14,16-19,21-26,31-32H,13H2,1-6H3/b15-12+/t14-,16-,17-,18-,19-,21+,22+,23-,24+,25-,26-,29+/m1/s1. The molecule has 2 fully saturated rings. The minimum atomic E-state index is -0.935. The number of ether oxygens (including phenoxy) is 4. The Balaban J connectivity index is 1.57. The molecule has 12 atom stereocenters. The summed E-state index contributed by atoms with van der Waals surface area (Å²) in [6.45, 7) is 7.37. The quantitative estimate of drug-likeness (QED) is 0.451. The Labute approximate surface area is 223 Å². The molecule has 4 aliphatic rings. The highest BCUT2D eigenvalue weighted by Crippen LogP contribution is 2.61. The summed E-state index contributed by atoms with van der Waals surface area (Å²) < 4.78 is 26.0. The number of nitrogens with zero attached hydrogens (tertiary/aromatic N) is 1. The van der Waals surface area contributed by atoms with Gasteiger partial charge < -0.3 is 33.7 Å². The number of rotatable bonds is 4. The minimum absolute atomic E-state index is 0.175. The van der Waals surface area contributed by atoms with Gasteiger partial charge in [0, 0.05) is 49.9 Å². The topological polar surface area (TPSA) is 116 Å². The van der Waals surface area contributed by atoms with E-state index in [0.717, 1.165) is 5.57 Å². The first kappa shape index (κ1) is 27.1. The molecular weight excluding hydrogens is 490 g/mol. The van der Waals surface area contributed by atoms with E-state index >= 15 is 0 Å². The van der Waals surface area contributed by atoms with Crippen LogP contribution in [0.3, 0.4) is 0 Å². The van der Waals surface area contributed by atoms with Gasteiger partial charge in [0.05, 0.1) is 12.2 Å². The van der Waals surface area contributed by atoms with Crippen molar-refractivity contribution in [2.45, 2.75) is 76.3 Å². The summed E-state index contributed by atoms with van der Waals surface area (Å²) in [7, 11) is 3.25. The van der Waals surface area contributed by atoms with E-state index in [1.54, 1.807) is 36.9 Å². The number of aliphatic hydroxyl groups is 2. The van der Waals surface area contributed by atoms with Crippen LogP contribution in [0.25, 0.3) is 0 Å². The second-order valence-electron chi connectivity index (χ2n) is 11.5. The number of carbonyl (C=O) groups is 2. The van der Waals surface area contributed by atoms with Gasteiger partial charge in [0.15, 0.2) is 6.10 Å². The number of esters is 2. The predicted molar refractivity (Wildman–Crippen MR) is 137 cm³/mol.